The van der Waals surface area contributed by atoms with E-state index in [0.717, 1.165) is 17.0 Å². The number of ether oxygens (including phenoxy) is 1. The molecule has 1 aliphatic heterocycles. The van der Waals surface area contributed by atoms with Gasteiger partial charge in [0.2, 0.25) is 5.91 Å². The van der Waals surface area contributed by atoms with Crippen molar-refractivity contribution in [2.75, 3.05) is 13.1 Å². The number of hydrogen-bond acceptors (Lipinski definition) is 4. The van der Waals surface area contributed by atoms with Crippen molar-refractivity contribution < 1.29 is 19.0 Å². The van der Waals surface area contributed by atoms with Crippen LogP contribution < -0.4 is 4.74 Å². The number of fused-ring (bicyclic) bond motifs is 1. The standard InChI is InChI=1S/C22H24FN3O3/c1-15-18(26-10-4-3-8-20(26)24-15)13-21(27)25-11-9-22(2,28)19(14-25)29-17-7-5-6-16(23)12-17/h3-8,10,12,19,28H,9,11,13-14H2,1-2H3/t19-,22-/m0/s1. The summed E-state index contributed by atoms with van der Waals surface area (Å²) in [7, 11) is 0. The van der Waals surface area contributed by atoms with Crippen LogP contribution >= 0.6 is 0 Å². The van der Waals surface area contributed by atoms with Crippen LogP contribution in [0.4, 0.5) is 4.39 Å². The van der Waals surface area contributed by atoms with Gasteiger partial charge < -0.3 is 19.1 Å². The molecule has 152 valence electrons. The highest BCUT2D eigenvalue weighted by Crippen LogP contribution is 2.27. The summed E-state index contributed by atoms with van der Waals surface area (Å²) in [5.41, 5.74) is 1.37. The second-order valence-electron chi connectivity index (χ2n) is 7.76. The minimum Gasteiger partial charge on any atom is -0.485 e. The van der Waals surface area contributed by atoms with Crippen LogP contribution in [0.2, 0.25) is 0 Å². The van der Waals surface area contributed by atoms with Gasteiger partial charge >= 0.3 is 0 Å². The maximum absolute atomic E-state index is 13.5. The van der Waals surface area contributed by atoms with Gasteiger partial charge in [-0.3, -0.25) is 4.79 Å². The molecule has 1 N–H and O–H groups in total. The van der Waals surface area contributed by atoms with Crippen LogP contribution in [-0.4, -0.2) is 50.1 Å². The largest absolute Gasteiger partial charge is 0.485 e. The smallest absolute Gasteiger partial charge is 0.228 e. The highest BCUT2D eigenvalue weighted by Gasteiger charge is 2.41. The quantitative estimate of drug-likeness (QED) is 0.735. The number of benzene rings is 1. The van der Waals surface area contributed by atoms with Crippen molar-refractivity contribution >= 4 is 11.6 Å². The number of amides is 1. The monoisotopic (exact) mass is 397 g/mol. The Hall–Kier alpha value is -2.93. The molecule has 1 amide bonds. The minimum atomic E-state index is -1.11. The average molecular weight is 397 g/mol. The zero-order chi connectivity index (χ0) is 20.6. The van der Waals surface area contributed by atoms with Crippen molar-refractivity contribution in [2.45, 2.75) is 38.4 Å². The third-order valence-corrected chi connectivity index (χ3v) is 5.54. The zero-order valence-electron chi connectivity index (χ0n) is 16.5. The molecule has 0 saturated carbocycles. The molecule has 0 radical (unpaired) electrons. The van der Waals surface area contributed by atoms with E-state index in [1.165, 1.54) is 12.1 Å². The molecule has 0 aliphatic carbocycles. The predicted octanol–water partition coefficient (Wildman–Crippen LogP) is 2.76. The van der Waals surface area contributed by atoms with Crippen LogP contribution in [0.5, 0.6) is 5.75 Å². The molecule has 0 bridgehead atoms. The summed E-state index contributed by atoms with van der Waals surface area (Å²) in [6.07, 6.45) is 1.84. The summed E-state index contributed by atoms with van der Waals surface area (Å²) < 4.78 is 21.3. The van der Waals surface area contributed by atoms with E-state index in [-0.39, 0.29) is 18.9 Å². The highest BCUT2D eigenvalue weighted by molar-refractivity contribution is 5.79. The number of imidazole rings is 1. The fraction of sp³-hybridized carbons (Fsp3) is 0.364. The molecule has 3 aromatic rings. The summed E-state index contributed by atoms with van der Waals surface area (Å²) in [5.74, 6) is -0.127. The zero-order valence-corrected chi connectivity index (χ0v) is 16.5. The van der Waals surface area contributed by atoms with E-state index in [1.807, 2.05) is 35.7 Å². The van der Waals surface area contributed by atoms with Crippen molar-refractivity contribution in [3.8, 4) is 5.75 Å². The molecule has 1 aliphatic rings. The molecule has 1 saturated heterocycles. The van der Waals surface area contributed by atoms with Gasteiger partial charge in [-0.25, -0.2) is 9.37 Å². The molecule has 0 unspecified atom stereocenters. The molecule has 7 heteroatoms. The Morgan fingerprint density at radius 1 is 1.34 bits per heavy atom. The Labute approximate surface area is 168 Å². The van der Waals surface area contributed by atoms with E-state index in [9.17, 15) is 14.3 Å². The first kappa shape index (κ1) is 19.4. The van der Waals surface area contributed by atoms with E-state index in [4.69, 9.17) is 4.74 Å². The molecule has 3 heterocycles. The van der Waals surface area contributed by atoms with Crippen LogP contribution in [0, 0.1) is 12.7 Å². The Bertz CT molecular complexity index is 1050. The van der Waals surface area contributed by atoms with Crippen LogP contribution in [0.25, 0.3) is 5.65 Å². The molecule has 0 spiro atoms. The van der Waals surface area contributed by atoms with Gasteiger partial charge in [-0.1, -0.05) is 12.1 Å². The predicted molar refractivity (Wildman–Crippen MR) is 106 cm³/mol. The Morgan fingerprint density at radius 2 is 2.17 bits per heavy atom. The third kappa shape index (κ3) is 3.96. The number of carbonyl (C=O) groups is 1. The maximum Gasteiger partial charge on any atom is 0.228 e. The fourth-order valence-electron chi connectivity index (χ4n) is 3.74. The summed E-state index contributed by atoms with van der Waals surface area (Å²) in [5, 5.41) is 10.7. The Kier molecular flexibility index (Phi) is 5.00. The SMILES string of the molecule is Cc1nc2ccccn2c1CC(=O)N1CC[C@](C)(O)[C@@H](Oc2cccc(F)c2)C1. The topological polar surface area (TPSA) is 67.1 Å². The second-order valence-corrected chi connectivity index (χ2v) is 7.76. The lowest BCUT2D eigenvalue weighted by molar-refractivity contribution is -0.142. The number of rotatable bonds is 4. The lowest BCUT2D eigenvalue weighted by Crippen LogP contribution is -2.57. The van der Waals surface area contributed by atoms with Crippen LogP contribution in [0.15, 0.2) is 48.7 Å². The molecular formula is C22H24FN3O3. The Balaban J connectivity index is 1.51. The molecule has 29 heavy (non-hydrogen) atoms. The van der Waals surface area contributed by atoms with Gasteiger partial charge in [0.25, 0.3) is 0 Å². The summed E-state index contributed by atoms with van der Waals surface area (Å²) in [6, 6.07) is 11.5. The van der Waals surface area contributed by atoms with Crippen molar-refractivity contribution in [2.24, 2.45) is 0 Å². The number of aryl methyl sites for hydroxylation is 1. The number of pyridine rings is 1. The number of aliphatic hydroxyl groups is 1. The van der Waals surface area contributed by atoms with E-state index in [2.05, 4.69) is 4.98 Å². The first-order chi connectivity index (χ1) is 13.8. The Morgan fingerprint density at radius 3 is 2.97 bits per heavy atom. The van der Waals surface area contributed by atoms with Gasteiger partial charge in [0.05, 0.1) is 24.4 Å². The average Bonchev–Trinajstić information content (AvgIpc) is 2.99. The number of halogens is 1. The van der Waals surface area contributed by atoms with Gasteiger partial charge in [-0.05, 0) is 44.5 Å². The van der Waals surface area contributed by atoms with E-state index < -0.39 is 17.5 Å². The number of nitrogens with zero attached hydrogens (tertiary/aromatic N) is 3. The summed E-state index contributed by atoms with van der Waals surface area (Å²) in [4.78, 5) is 19.2. The highest BCUT2D eigenvalue weighted by atomic mass is 19.1. The van der Waals surface area contributed by atoms with Gasteiger partial charge in [-0.15, -0.1) is 0 Å². The number of likely N-dealkylation sites (tertiary alicyclic amines) is 1. The summed E-state index contributed by atoms with van der Waals surface area (Å²) >= 11 is 0. The fourth-order valence-corrected chi connectivity index (χ4v) is 3.74. The molecule has 1 fully saturated rings. The van der Waals surface area contributed by atoms with Gasteiger partial charge in [0.1, 0.15) is 28.9 Å². The molecule has 1 aromatic carbocycles. The van der Waals surface area contributed by atoms with Crippen LogP contribution in [0.1, 0.15) is 24.7 Å². The number of carbonyl (C=O) groups excluding carboxylic acids is 1. The van der Waals surface area contributed by atoms with Crippen molar-refractivity contribution in [1.29, 1.82) is 0 Å². The first-order valence-corrected chi connectivity index (χ1v) is 9.68. The van der Waals surface area contributed by atoms with E-state index >= 15 is 0 Å². The van der Waals surface area contributed by atoms with Gasteiger partial charge in [-0.2, -0.15) is 0 Å². The molecule has 6 nitrogen and oxygen atoms in total. The van der Waals surface area contributed by atoms with Crippen LogP contribution in [-0.2, 0) is 11.2 Å². The first-order valence-electron chi connectivity index (χ1n) is 9.68. The molecular weight excluding hydrogens is 373 g/mol. The van der Waals surface area contributed by atoms with E-state index in [0.29, 0.717) is 18.7 Å². The van der Waals surface area contributed by atoms with Gasteiger partial charge in [0, 0.05) is 18.8 Å². The van der Waals surface area contributed by atoms with E-state index in [1.54, 1.807) is 24.0 Å². The molecule has 2 aromatic heterocycles. The van der Waals surface area contributed by atoms with Crippen molar-refractivity contribution in [1.82, 2.24) is 14.3 Å². The van der Waals surface area contributed by atoms with Crippen LogP contribution in [0.3, 0.4) is 0 Å². The normalized spacial score (nSPS) is 22.1. The van der Waals surface area contributed by atoms with Crippen molar-refractivity contribution in [3.05, 3.63) is 65.9 Å². The lowest BCUT2D eigenvalue weighted by atomic mass is 9.90. The number of aromatic nitrogens is 2. The molecule has 4 rings (SSSR count). The molecule has 2 atom stereocenters. The second kappa shape index (κ2) is 7.48. The lowest BCUT2D eigenvalue weighted by Gasteiger charge is -2.42. The maximum atomic E-state index is 13.5. The third-order valence-electron chi connectivity index (χ3n) is 5.54. The summed E-state index contributed by atoms with van der Waals surface area (Å²) in [6.45, 7) is 4.25. The number of hydrogen-bond donors (Lipinski definition) is 1. The van der Waals surface area contributed by atoms with Gasteiger partial charge in [0.15, 0.2) is 0 Å². The minimum absolute atomic E-state index is 0.0536. The van der Waals surface area contributed by atoms with Crippen molar-refractivity contribution in [3.63, 3.8) is 0 Å². The number of piperidine rings is 1.